The van der Waals surface area contributed by atoms with Crippen LogP contribution >= 0.6 is 0 Å². The Morgan fingerprint density at radius 2 is 1.80 bits per heavy atom. The second-order valence-corrected chi connectivity index (χ2v) is 6.12. The maximum atomic E-state index is 11.8. The Balaban J connectivity index is 1.88. The summed E-state index contributed by atoms with van der Waals surface area (Å²) in [6.07, 6.45) is 3.46. The fraction of sp³-hybridized carbons (Fsp3) is 1.00. The lowest BCUT2D eigenvalue weighted by atomic mass is 10.00. The van der Waals surface area contributed by atoms with Gasteiger partial charge in [0.25, 0.3) is 10.2 Å². The van der Waals surface area contributed by atoms with E-state index in [1.54, 1.807) is 0 Å². The van der Waals surface area contributed by atoms with Gasteiger partial charge in [-0.3, -0.25) is 0 Å². The number of nitrogens with zero attached hydrogens (tertiary/aromatic N) is 1. The average Bonchev–Trinajstić information content (AvgIpc) is 3.01. The van der Waals surface area contributed by atoms with Crippen LogP contribution in [0.2, 0.25) is 0 Å². The molecule has 0 amide bonds. The van der Waals surface area contributed by atoms with Crippen LogP contribution in [0.4, 0.5) is 0 Å². The number of aliphatic hydroxyl groups is 1. The summed E-state index contributed by atoms with van der Waals surface area (Å²) in [7, 11) is -3.25. The Morgan fingerprint density at radius 3 is 2.27 bits per heavy atom. The van der Waals surface area contributed by atoms with Gasteiger partial charge in [0, 0.05) is 25.7 Å². The molecule has 0 bridgehead atoms. The number of piperidine rings is 1. The fourth-order valence-corrected chi connectivity index (χ4v) is 3.32. The van der Waals surface area contributed by atoms with Gasteiger partial charge in [0.15, 0.2) is 0 Å². The van der Waals surface area contributed by atoms with Gasteiger partial charge in [-0.05, 0) is 31.6 Å². The van der Waals surface area contributed by atoms with Crippen molar-refractivity contribution in [3.8, 4) is 0 Å². The van der Waals surface area contributed by atoms with E-state index in [0.29, 0.717) is 13.1 Å². The summed E-state index contributed by atoms with van der Waals surface area (Å²) in [5.41, 5.74) is 0. The lowest BCUT2D eigenvalue weighted by Crippen LogP contribution is -2.46. The zero-order chi connectivity index (χ0) is 10.9. The molecule has 2 N–H and O–H groups in total. The van der Waals surface area contributed by atoms with Gasteiger partial charge >= 0.3 is 0 Å². The van der Waals surface area contributed by atoms with Crippen molar-refractivity contribution in [3.05, 3.63) is 0 Å². The molecule has 88 valence electrons. The smallest absolute Gasteiger partial charge is 0.279 e. The van der Waals surface area contributed by atoms with Crippen molar-refractivity contribution in [2.75, 3.05) is 19.7 Å². The SMILES string of the molecule is O=S(=O)(NC1CC1)N1CCC(CO)CC1. The molecule has 6 heteroatoms. The Labute approximate surface area is 90.6 Å². The largest absolute Gasteiger partial charge is 0.396 e. The maximum Gasteiger partial charge on any atom is 0.279 e. The predicted molar refractivity (Wildman–Crippen MR) is 56.5 cm³/mol. The first kappa shape index (κ1) is 11.3. The molecule has 0 aromatic rings. The predicted octanol–water partition coefficient (Wildman–Crippen LogP) is -0.312. The summed E-state index contributed by atoms with van der Waals surface area (Å²) in [5, 5.41) is 8.95. The molecule has 15 heavy (non-hydrogen) atoms. The van der Waals surface area contributed by atoms with Crippen LogP contribution in [0, 0.1) is 5.92 Å². The van der Waals surface area contributed by atoms with E-state index in [2.05, 4.69) is 4.72 Å². The highest BCUT2D eigenvalue weighted by Crippen LogP contribution is 2.23. The normalized spacial score (nSPS) is 25.7. The van der Waals surface area contributed by atoms with Crippen LogP contribution in [0.5, 0.6) is 0 Å². The number of rotatable bonds is 4. The van der Waals surface area contributed by atoms with E-state index in [9.17, 15) is 8.42 Å². The van der Waals surface area contributed by atoms with Crippen molar-refractivity contribution in [1.29, 1.82) is 0 Å². The first-order valence-electron chi connectivity index (χ1n) is 5.50. The highest BCUT2D eigenvalue weighted by molar-refractivity contribution is 7.87. The van der Waals surface area contributed by atoms with E-state index >= 15 is 0 Å². The molecular formula is C9H18N2O3S. The van der Waals surface area contributed by atoms with Gasteiger partial charge in [0.2, 0.25) is 0 Å². The third-order valence-corrected chi connectivity index (χ3v) is 4.74. The molecule has 0 atom stereocenters. The molecule has 0 radical (unpaired) electrons. The Hall–Kier alpha value is -0.170. The zero-order valence-corrected chi connectivity index (χ0v) is 9.54. The minimum atomic E-state index is -3.25. The molecule has 2 fully saturated rings. The summed E-state index contributed by atoms with van der Waals surface area (Å²) in [4.78, 5) is 0. The highest BCUT2D eigenvalue weighted by Gasteiger charge is 2.32. The number of hydrogen-bond donors (Lipinski definition) is 2. The van der Waals surface area contributed by atoms with Crippen molar-refractivity contribution in [1.82, 2.24) is 9.03 Å². The Kier molecular flexibility index (Phi) is 3.30. The van der Waals surface area contributed by atoms with E-state index in [1.807, 2.05) is 0 Å². The molecule has 0 aromatic carbocycles. The van der Waals surface area contributed by atoms with Gasteiger partial charge in [0.1, 0.15) is 0 Å². The molecule has 0 aromatic heterocycles. The van der Waals surface area contributed by atoms with Gasteiger partial charge in [0.05, 0.1) is 0 Å². The number of hydrogen-bond acceptors (Lipinski definition) is 3. The third-order valence-electron chi connectivity index (χ3n) is 3.06. The molecule has 0 unspecified atom stereocenters. The van der Waals surface area contributed by atoms with Crippen LogP contribution in [0.25, 0.3) is 0 Å². The molecule has 2 rings (SSSR count). The van der Waals surface area contributed by atoms with Crippen molar-refractivity contribution in [3.63, 3.8) is 0 Å². The van der Waals surface area contributed by atoms with Crippen LogP contribution in [0.15, 0.2) is 0 Å². The molecule has 1 aliphatic heterocycles. The van der Waals surface area contributed by atoms with Crippen molar-refractivity contribution in [2.24, 2.45) is 5.92 Å². The quantitative estimate of drug-likeness (QED) is 0.701. The van der Waals surface area contributed by atoms with Crippen LogP contribution in [0.1, 0.15) is 25.7 Å². The van der Waals surface area contributed by atoms with E-state index in [4.69, 9.17) is 5.11 Å². The first-order chi connectivity index (χ1) is 7.12. The van der Waals surface area contributed by atoms with Gasteiger partial charge in [-0.25, -0.2) is 0 Å². The number of nitrogens with one attached hydrogen (secondary N) is 1. The minimum Gasteiger partial charge on any atom is -0.396 e. The molecule has 1 saturated carbocycles. The monoisotopic (exact) mass is 234 g/mol. The first-order valence-corrected chi connectivity index (χ1v) is 6.94. The van der Waals surface area contributed by atoms with Crippen LogP contribution in [-0.4, -0.2) is 43.6 Å². The summed E-state index contributed by atoms with van der Waals surface area (Å²) in [6.45, 7) is 1.24. The molecule has 2 aliphatic rings. The highest BCUT2D eigenvalue weighted by atomic mass is 32.2. The fourth-order valence-electron chi connectivity index (χ4n) is 1.82. The van der Waals surface area contributed by atoms with Crippen LogP contribution < -0.4 is 4.72 Å². The second-order valence-electron chi connectivity index (χ2n) is 4.42. The summed E-state index contributed by atoms with van der Waals surface area (Å²) >= 11 is 0. The van der Waals surface area contributed by atoms with E-state index in [-0.39, 0.29) is 18.6 Å². The topological polar surface area (TPSA) is 69.6 Å². The van der Waals surface area contributed by atoms with Crippen LogP contribution in [0.3, 0.4) is 0 Å². The van der Waals surface area contributed by atoms with Gasteiger partial charge in [-0.1, -0.05) is 0 Å². The molecule has 1 heterocycles. The van der Waals surface area contributed by atoms with Crippen molar-refractivity contribution >= 4 is 10.2 Å². The lowest BCUT2D eigenvalue weighted by molar-refractivity contribution is 0.169. The minimum absolute atomic E-state index is 0.171. The molecule has 0 spiro atoms. The summed E-state index contributed by atoms with van der Waals surface area (Å²) in [5.74, 6) is 0.275. The summed E-state index contributed by atoms with van der Waals surface area (Å²) in [6, 6.07) is 0.172. The standard InChI is InChI=1S/C9H18N2O3S/c12-7-8-3-5-11(6-4-8)15(13,14)10-9-1-2-9/h8-10,12H,1-7H2. The van der Waals surface area contributed by atoms with E-state index in [0.717, 1.165) is 25.7 Å². The summed E-state index contributed by atoms with van der Waals surface area (Å²) < 4.78 is 27.7. The Bertz CT molecular complexity index is 305. The average molecular weight is 234 g/mol. The molecular weight excluding hydrogens is 216 g/mol. The number of aliphatic hydroxyl groups excluding tert-OH is 1. The van der Waals surface area contributed by atoms with Gasteiger partial charge in [-0.15, -0.1) is 0 Å². The van der Waals surface area contributed by atoms with Gasteiger partial charge < -0.3 is 5.11 Å². The van der Waals surface area contributed by atoms with Crippen molar-refractivity contribution in [2.45, 2.75) is 31.7 Å². The second kappa shape index (κ2) is 4.37. The van der Waals surface area contributed by atoms with Gasteiger partial charge in [-0.2, -0.15) is 17.4 Å². The molecule has 1 aliphatic carbocycles. The maximum absolute atomic E-state index is 11.8. The lowest BCUT2D eigenvalue weighted by Gasteiger charge is -2.30. The third kappa shape index (κ3) is 2.90. The van der Waals surface area contributed by atoms with E-state index < -0.39 is 10.2 Å². The molecule has 1 saturated heterocycles. The molecule has 5 nitrogen and oxygen atoms in total. The Morgan fingerprint density at radius 1 is 1.20 bits per heavy atom. The van der Waals surface area contributed by atoms with E-state index in [1.165, 1.54) is 4.31 Å². The zero-order valence-electron chi connectivity index (χ0n) is 8.72. The van der Waals surface area contributed by atoms with Crippen molar-refractivity contribution < 1.29 is 13.5 Å². The van der Waals surface area contributed by atoms with Crippen LogP contribution in [-0.2, 0) is 10.2 Å².